The van der Waals surface area contributed by atoms with E-state index in [0.29, 0.717) is 19.4 Å². The van der Waals surface area contributed by atoms with Crippen LogP contribution in [0, 0.1) is 0 Å². The van der Waals surface area contributed by atoms with Crippen LogP contribution in [-0.2, 0) is 14.0 Å². The number of hydrogen-bond donors (Lipinski definition) is 0. The number of likely N-dealkylation sites (tertiary alicyclic amines) is 1. The zero-order chi connectivity index (χ0) is 18.1. The first kappa shape index (κ1) is 20.2. The van der Waals surface area contributed by atoms with E-state index in [1.165, 1.54) is 0 Å². The number of piperidine rings is 1. The van der Waals surface area contributed by atoms with Crippen molar-refractivity contribution >= 4 is 20.2 Å². The number of Topliss-reactive ketones (excluding diaryl/α,β-unsaturated/α-hetero) is 1. The fourth-order valence-electron chi connectivity index (χ4n) is 2.15. The maximum atomic E-state index is 12.4. The molecular weight excluding hydrogens is 310 g/mol. The minimum Gasteiger partial charge on any atom is -0.444 e. The van der Waals surface area contributed by atoms with Gasteiger partial charge in [0.25, 0.3) is 0 Å². The second kappa shape index (κ2) is 6.93. The average Bonchev–Trinajstić information content (AvgIpc) is 2.33. The minimum atomic E-state index is -1.96. The van der Waals surface area contributed by atoms with Gasteiger partial charge in [0.1, 0.15) is 11.6 Å². The number of nitrogens with zero attached hydrogens (tertiary/aromatic N) is 1. The highest BCUT2D eigenvalue weighted by Gasteiger charge is 2.41. The van der Waals surface area contributed by atoms with Crippen LogP contribution in [0.1, 0.15) is 54.4 Å². The van der Waals surface area contributed by atoms with Gasteiger partial charge in [0, 0.05) is 13.0 Å². The maximum absolute atomic E-state index is 12.4. The van der Waals surface area contributed by atoms with Crippen LogP contribution in [0.15, 0.2) is 0 Å². The number of rotatable bonds is 3. The molecule has 0 aromatic rings. The van der Waals surface area contributed by atoms with Crippen molar-refractivity contribution in [1.29, 1.82) is 0 Å². The third-order valence-corrected chi connectivity index (χ3v) is 9.11. The Kier molecular flexibility index (Phi) is 6.07. The molecule has 1 amide bonds. The molecule has 0 bridgehead atoms. The second-order valence-corrected chi connectivity index (χ2v) is 13.6. The van der Waals surface area contributed by atoms with Crippen molar-refractivity contribution in [3.8, 4) is 0 Å². The Hall–Kier alpha value is -0.883. The molecule has 23 heavy (non-hydrogen) atoms. The third-order valence-electron chi connectivity index (χ3n) is 4.61. The van der Waals surface area contributed by atoms with Crippen molar-refractivity contribution in [3.05, 3.63) is 0 Å². The summed E-state index contributed by atoms with van der Waals surface area (Å²) in [4.78, 5) is 26.3. The Balaban J connectivity index is 2.82. The summed E-state index contributed by atoms with van der Waals surface area (Å²) in [5, 5.41) is 0.0709. The van der Waals surface area contributed by atoms with E-state index in [4.69, 9.17) is 9.16 Å². The number of hydrogen-bond acceptors (Lipinski definition) is 4. The highest BCUT2D eigenvalue weighted by molar-refractivity contribution is 6.74. The van der Waals surface area contributed by atoms with Crippen LogP contribution in [0.2, 0.25) is 18.1 Å². The summed E-state index contributed by atoms with van der Waals surface area (Å²) in [6.07, 6.45) is 0.772. The molecule has 1 aliphatic rings. The van der Waals surface area contributed by atoms with Gasteiger partial charge in [0.2, 0.25) is 0 Å². The molecule has 0 saturated carbocycles. The Labute approximate surface area is 141 Å². The number of carbonyl (C=O) groups is 2. The summed E-state index contributed by atoms with van der Waals surface area (Å²) in [6, 6.07) is -0.521. The van der Waals surface area contributed by atoms with Crippen molar-refractivity contribution in [3.63, 3.8) is 0 Å². The largest absolute Gasteiger partial charge is 0.444 e. The van der Waals surface area contributed by atoms with E-state index in [1.54, 1.807) is 4.90 Å². The fraction of sp³-hybridized carbons (Fsp3) is 0.882. The molecule has 0 spiro atoms. The van der Waals surface area contributed by atoms with Crippen molar-refractivity contribution in [1.82, 2.24) is 4.90 Å². The van der Waals surface area contributed by atoms with Crippen molar-refractivity contribution in [2.45, 2.75) is 84.2 Å². The zero-order valence-corrected chi connectivity index (χ0v) is 17.0. The van der Waals surface area contributed by atoms with E-state index in [1.807, 2.05) is 20.8 Å². The molecule has 134 valence electrons. The number of carbonyl (C=O) groups excluding carboxylic acids is 2. The molecule has 0 aliphatic carbocycles. The van der Waals surface area contributed by atoms with Crippen LogP contribution in [0.4, 0.5) is 4.79 Å². The maximum Gasteiger partial charge on any atom is 0.410 e. The first-order valence-electron chi connectivity index (χ1n) is 8.41. The molecule has 0 aromatic heterocycles. The lowest BCUT2D eigenvalue weighted by molar-refractivity contribution is -0.128. The lowest BCUT2D eigenvalue weighted by Crippen LogP contribution is -2.54. The lowest BCUT2D eigenvalue weighted by atomic mass is 10.0. The quantitative estimate of drug-likeness (QED) is 0.727. The molecule has 6 heteroatoms. The molecule has 1 saturated heterocycles. The van der Waals surface area contributed by atoms with Gasteiger partial charge >= 0.3 is 6.09 Å². The molecule has 0 aromatic carbocycles. The first-order chi connectivity index (χ1) is 10.2. The van der Waals surface area contributed by atoms with Gasteiger partial charge < -0.3 is 9.16 Å². The third kappa shape index (κ3) is 5.60. The summed E-state index contributed by atoms with van der Waals surface area (Å²) < 4.78 is 11.6. The van der Waals surface area contributed by atoms with Gasteiger partial charge in [-0.2, -0.15) is 0 Å². The van der Waals surface area contributed by atoms with Gasteiger partial charge in [-0.05, 0) is 45.3 Å². The van der Waals surface area contributed by atoms with Gasteiger partial charge in [-0.25, -0.2) is 4.79 Å². The first-order valence-corrected chi connectivity index (χ1v) is 11.3. The van der Waals surface area contributed by atoms with Gasteiger partial charge in [-0.1, -0.05) is 20.8 Å². The Morgan fingerprint density at radius 2 is 1.78 bits per heavy atom. The summed E-state index contributed by atoms with van der Waals surface area (Å²) in [6.45, 7) is 17.1. The minimum absolute atomic E-state index is 0.0702. The summed E-state index contributed by atoms with van der Waals surface area (Å²) in [5.74, 6) is 0.0702. The van der Waals surface area contributed by atoms with Gasteiger partial charge in [-0.15, -0.1) is 0 Å². The topological polar surface area (TPSA) is 55.8 Å². The Morgan fingerprint density at radius 1 is 1.22 bits per heavy atom. The van der Waals surface area contributed by atoms with Crippen LogP contribution in [0.25, 0.3) is 0 Å². The molecule has 1 atom stereocenters. The van der Waals surface area contributed by atoms with E-state index in [2.05, 4.69) is 33.9 Å². The predicted molar refractivity (Wildman–Crippen MR) is 94.1 cm³/mol. The normalized spacial score (nSPS) is 20.6. The Bertz CT molecular complexity index is 448. The van der Waals surface area contributed by atoms with Gasteiger partial charge in [0.05, 0.1) is 6.61 Å². The van der Waals surface area contributed by atoms with E-state index in [0.717, 1.165) is 0 Å². The molecule has 1 heterocycles. The van der Waals surface area contributed by atoms with E-state index in [9.17, 15) is 9.59 Å². The van der Waals surface area contributed by atoms with Crippen LogP contribution in [-0.4, -0.2) is 49.9 Å². The fourth-order valence-corrected chi connectivity index (χ4v) is 3.15. The Morgan fingerprint density at radius 3 is 2.26 bits per heavy atom. The molecule has 1 unspecified atom stereocenters. The molecule has 0 N–H and O–H groups in total. The SMILES string of the molecule is CC(C)(C)OC(=O)N1CCCC(=O)C1CO[Si](C)(C)C(C)(C)C. The average molecular weight is 344 g/mol. The second-order valence-electron chi connectivity index (χ2n) is 8.83. The van der Waals surface area contributed by atoms with Crippen LogP contribution in [0.3, 0.4) is 0 Å². The summed E-state index contributed by atoms with van der Waals surface area (Å²) in [5.41, 5.74) is -0.567. The van der Waals surface area contributed by atoms with Crippen LogP contribution < -0.4 is 0 Å². The van der Waals surface area contributed by atoms with Crippen LogP contribution in [0.5, 0.6) is 0 Å². The van der Waals surface area contributed by atoms with E-state index >= 15 is 0 Å². The highest BCUT2D eigenvalue weighted by Crippen LogP contribution is 2.37. The van der Waals surface area contributed by atoms with Crippen molar-refractivity contribution < 1.29 is 18.8 Å². The number of amides is 1. The zero-order valence-electron chi connectivity index (χ0n) is 16.0. The van der Waals surface area contributed by atoms with Gasteiger partial charge in [-0.3, -0.25) is 9.69 Å². The highest BCUT2D eigenvalue weighted by atomic mass is 28.4. The number of ether oxygens (including phenoxy) is 1. The number of ketones is 1. The molecule has 1 aliphatic heterocycles. The summed E-state index contributed by atoms with van der Waals surface area (Å²) in [7, 11) is -1.96. The van der Waals surface area contributed by atoms with E-state index in [-0.39, 0.29) is 17.4 Å². The van der Waals surface area contributed by atoms with Crippen molar-refractivity contribution in [2.24, 2.45) is 0 Å². The molecule has 0 radical (unpaired) electrons. The van der Waals surface area contributed by atoms with Crippen molar-refractivity contribution in [2.75, 3.05) is 13.2 Å². The predicted octanol–water partition coefficient (Wildman–Crippen LogP) is 3.98. The summed E-state index contributed by atoms with van der Waals surface area (Å²) >= 11 is 0. The smallest absolute Gasteiger partial charge is 0.410 e. The standard InChI is InChI=1S/C17H33NO4Si/c1-16(2,3)22-15(20)18-11-9-10-14(19)13(18)12-21-23(7,8)17(4,5)6/h13H,9-12H2,1-8H3. The molecule has 1 fully saturated rings. The van der Waals surface area contributed by atoms with Crippen LogP contribution >= 0.6 is 0 Å². The molecule has 1 rings (SSSR count). The monoisotopic (exact) mass is 343 g/mol. The van der Waals surface area contributed by atoms with E-state index < -0.39 is 26.1 Å². The lowest BCUT2D eigenvalue weighted by Gasteiger charge is -2.40. The molecular formula is C17H33NO4Si. The molecule has 5 nitrogen and oxygen atoms in total. The van der Waals surface area contributed by atoms with Gasteiger partial charge in [0.15, 0.2) is 14.1 Å².